The molecule has 1 fully saturated rings. The Labute approximate surface area is 213 Å². The summed E-state index contributed by atoms with van der Waals surface area (Å²) in [4.78, 5) is 22.1. The Balaban J connectivity index is 1.28. The lowest BCUT2D eigenvalue weighted by Crippen LogP contribution is -2.41. The molecule has 0 spiro atoms. The molecule has 1 aliphatic heterocycles. The molecular weight excluding hydrogens is 481 g/mol. The highest BCUT2D eigenvalue weighted by Gasteiger charge is 2.27. The Morgan fingerprint density at radius 3 is 2.56 bits per heavy atom. The van der Waals surface area contributed by atoms with Crippen molar-refractivity contribution in [1.82, 2.24) is 14.9 Å². The summed E-state index contributed by atoms with van der Waals surface area (Å²) in [7, 11) is 0. The molecule has 3 aromatic carbocycles. The largest absolute Gasteiger partial charge is 0.444 e. The number of hydrogen-bond acceptors (Lipinski definition) is 7. The van der Waals surface area contributed by atoms with E-state index in [0.717, 1.165) is 48.1 Å². The first-order valence-electron chi connectivity index (χ1n) is 11.7. The number of nitrogens with one attached hydrogen (secondary N) is 2. The van der Waals surface area contributed by atoms with Gasteiger partial charge in [-0.25, -0.2) is 14.4 Å². The number of piperidine rings is 1. The summed E-state index contributed by atoms with van der Waals surface area (Å²) in [5.74, 6) is 0.137. The maximum absolute atomic E-state index is 13.5. The lowest BCUT2D eigenvalue weighted by molar-refractivity contribution is -0.145. The van der Waals surface area contributed by atoms with E-state index in [1.165, 1.54) is 18.5 Å². The Morgan fingerprint density at radius 2 is 1.81 bits per heavy atom. The van der Waals surface area contributed by atoms with Gasteiger partial charge in [0.1, 0.15) is 18.0 Å². The minimum Gasteiger partial charge on any atom is -0.444 e. The molecule has 0 saturated carbocycles. The van der Waals surface area contributed by atoms with Crippen molar-refractivity contribution in [2.45, 2.75) is 25.1 Å². The van der Waals surface area contributed by atoms with Gasteiger partial charge in [0.15, 0.2) is 6.23 Å². The number of halogens is 2. The van der Waals surface area contributed by atoms with Crippen LogP contribution in [0.3, 0.4) is 0 Å². The van der Waals surface area contributed by atoms with Gasteiger partial charge in [-0.05, 0) is 49.2 Å². The van der Waals surface area contributed by atoms with E-state index < -0.39 is 5.82 Å². The van der Waals surface area contributed by atoms with Crippen LogP contribution in [-0.2, 0) is 9.53 Å². The van der Waals surface area contributed by atoms with Gasteiger partial charge in [0.25, 0.3) is 6.47 Å². The van der Waals surface area contributed by atoms with Crippen LogP contribution in [0, 0.1) is 5.82 Å². The number of benzene rings is 3. The number of likely N-dealkylation sites (tertiary alicyclic amines) is 1. The molecular formula is C27H25ClFN5O2. The van der Waals surface area contributed by atoms with Gasteiger partial charge in [-0.2, -0.15) is 0 Å². The van der Waals surface area contributed by atoms with Crippen LogP contribution in [-0.4, -0.2) is 40.5 Å². The zero-order chi connectivity index (χ0) is 24.9. The van der Waals surface area contributed by atoms with Gasteiger partial charge in [-0.15, -0.1) is 0 Å². The number of aromatic nitrogens is 2. The number of hydrogen-bond donors (Lipinski definition) is 2. The fourth-order valence-corrected chi connectivity index (χ4v) is 4.70. The van der Waals surface area contributed by atoms with Gasteiger partial charge in [0, 0.05) is 41.5 Å². The van der Waals surface area contributed by atoms with Gasteiger partial charge >= 0.3 is 0 Å². The molecule has 36 heavy (non-hydrogen) atoms. The third-order valence-electron chi connectivity index (χ3n) is 6.32. The molecule has 2 N–H and O–H groups in total. The summed E-state index contributed by atoms with van der Waals surface area (Å²) in [6.45, 7) is 2.10. The lowest BCUT2D eigenvalue weighted by Gasteiger charge is -2.37. The quantitative estimate of drug-likeness (QED) is 0.288. The van der Waals surface area contributed by atoms with E-state index in [4.69, 9.17) is 16.3 Å². The molecule has 9 heteroatoms. The first kappa shape index (κ1) is 24.0. The summed E-state index contributed by atoms with van der Waals surface area (Å²) in [6, 6.07) is 20.5. The Hall–Kier alpha value is -3.75. The maximum atomic E-state index is 13.5. The smallest absolute Gasteiger partial charge is 0.294 e. The van der Waals surface area contributed by atoms with Gasteiger partial charge in [-0.3, -0.25) is 9.69 Å². The minimum atomic E-state index is -0.472. The van der Waals surface area contributed by atoms with E-state index >= 15 is 0 Å². The summed E-state index contributed by atoms with van der Waals surface area (Å²) in [6.07, 6.45) is 2.90. The Bertz CT molecular complexity index is 1350. The molecule has 0 amide bonds. The number of fused-ring (bicyclic) bond motifs is 1. The van der Waals surface area contributed by atoms with Crippen LogP contribution < -0.4 is 10.6 Å². The topological polar surface area (TPSA) is 79.4 Å². The van der Waals surface area contributed by atoms with E-state index in [2.05, 4.69) is 25.5 Å². The molecule has 7 nitrogen and oxygen atoms in total. The van der Waals surface area contributed by atoms with E-state index in [-0.39, 0.29) is 17.3 Å². The second-order valence-electron chi connectivity index (χ2n) is 8.66. The zero-order valence-electron chi connectivity index (χ0n) is 19.4. The summed E-state index contributed by atoms with van der Waals surface area (Å²) in [5.41, 5.74) is 3.35. The second kappa shape index (κ2) is 10.9. The number of carbonyl (C=O) groups is 1. The first-order chi connectivity index (χ1) is 17.6. The normalized spacial score (nSPS) is 15.4. The van der Waals surface area contributed by atoms with E-state index in [1.807, 2.05) is 48.5 Å². The lowest BCUT2D eigenvalue weighted by atomic mass is 10.0. The van der Waals surface area contributed by atoms with Crippen molar-refractivity contribution in [2.75, 3.05) is 23.7 Å². The Morgan fingerprint density at radius 1 is 1.03 bits per heavy atom. The minimum absolute atomic E-state index is 0.0418. The standard InChI is InChI=1S/C27H25ClFN5O2/c28-23-15-21(6-8-24(23)29)33-26-22-14-20(7-9-25(22)30-16-31-26)32-19-10-12-34(13-11-19)27(36-17-35)18-4-2-1-3-5-18/h1-9,14-17,19,27,32H,10-13H2,(H,30,31,33). The number of ether oxygens (including phenoxy) is 1. The van der Waals surface area contributed by atoms with Crippen LogP contribution >= 0.6 is 11.6 Å². The van der Waals surface area contributed by atoms with Crippen LogP contribution in [0.2, 0.25) is 5.02 Å². The molecule has 1 aliphatic rings. The van der Waals surface area contributed by atoms with Crippen LogP contribution in [0.4, 0.5) is 21.6 Å². The van der Waals surface area contributed by atoms with Crippen LogP contribution in [0.1, 0.15) is 24.6 Å². The SMILES string of the molecule is O=COC(c1ccccc1)N1CCC(Nc2ccc3ncnc(Nc4ccc(F)c(Cl)c4)c3c2)CC1. The molecule has 1 atom stereocenters. The number of anilines is 3. The third-order valence-corrected chi connectivity index (χ3v) is 6.61. The van der Waals surface area contributed by atoms with Crippen molar-refractivity contribution in [3.8, 4) is 0 Å². The molecule has 0 bridgehead atoms. The Kier molecular flexibility index (Phi) is 7.25. The molecule has 184 valence electrons. The highest BCUT2D eigenvalue weighted by Crippen LogP contribution is 2.30. The monoisotopic (exact) mass is 505 g/mol. The molecule has 0 radical (unpaired) electrons. The van der Waals surface area contributed by atoms with Crippen LogP contribution in [0.5, 0.6) is 0 Å². The van der Waals surface area contributed by atoms with Gasteiger partial charge < -0.3 is 15.4 Å². The molecule has 2 heterocycles. The molecule has 1 saturated heterocycles. The van der Waals surface area contributed by atoms with Crippen molar-refractivity contribution < 1.29 is 13.9 Å². The molecule has 0 aliphatic carbocycles. The van der Waals surface area contributed by atoms with Gasteiger partial charge in [0.05, 0.1) is 10.5 Å². The summed E-state index contributed by atoms with van der Waals surface area (Å²) in [5, 5.41) is 7.71. The number of nitrogens with zero attached hydrogens (tertiary/aromatic N) is 3. The fourth-order valence-electron chi connectivity index (χ4n) is 4.52. The summed E-state index contributed by atoms with van der Waals surface area (Å²) < 4.78 is 19.0. The fraction of sp³-hybridized carbons (Fsp3) is 0.222. The number of rotatable bonds is 8. The average molecular weight is 506 g/mol. The van der Waals surface area contributed by atoms with Crippen LogP contribution in [0.25, 0.3) is 10.9 Å². The highest BCUT2D eigenvalue weighted by atomic mass is 35.5. The molecule has 1 unspecified atom stereocenters. The average Bonchev–Trinajstić information content (AvgIpc) is 2.91. The maximum Gasteiger partial charge on any atom is 0.294 e. The molecule has 5 rings (SSSR count). The van der Waals surface area contributed by atoms with Gasteiger partial charge in [0.2, 0.25) is 0 Å². The second-order valence-corrected chi connectivity index (χ2v) is 9.07. The highest BCUT2D eigenvalue weighted by molar-refractivity contribution is 6.31. The first-order valence-corrected chi connectivity index (χ1v) is 12.1. The van der Waals surface area contributed by atoms with Crippen LogP contribution in [0.15, 0.2) is 73.1 Å². The predicted molar refractivity (Wildman–Crippen MR) is 139 cm³/mol. The van der Waals surface area contributed by atoms with E-state index in [9.17, 15) is 9.18 Å². The predicted octanol–water partition coefficient (Wildman–Crippen LogP) is 5.91. The zero-order valence-corrected chi connectivity index (χ0v) is 20.2. The van der Waals surface area contributed by atoms with Crippen molar-refractivity contribution in [1.29, 1.82) is 0 Å². The van der Waals surface area contributed by atoms with Crippen molar-refractivity contribution in [3.63, 3.8) is 0 Å². The van der Waals surface area contributed by atoms with Crippen molar-refractivity contribution in [3.05, 3.63) is 89.5 Å². The van der Waals surface area contributed by atoms with Crippen molar-refractivity contribution >= 4 is 46.2 Å². The van der Waals surface area contributed by atoms with E-state index in [0.29, 0.717) is 18.0 Å². The third kappa shape index (κ3) is 5.40. The summed E-state index contributed by atoms with van der Waals surface area (Å²) >= 11 is 5.93. The molecule has 4 aromatic rings. The van der Waals surface area contributed by atoms with Gasteiger partial charge in [-0.1, -0.05) is 41.9 Å². The molecule has 1 aromatic heterocycles. The number of carbonyl (C=O) groups excluding carboxylic acids is 1. The van der Waals surface area contributed by atoms with Crippen molar-refractivity contribution in [2.24, 2.45) is 0 Å². The van der Waals surface area contributed by atoms with E-state index in [1.54, 1.807) is 6.07 Å².